The van der Waals surface area contributed by atoms with Crippen molar-refractivity contribution in [3.05, 3.63) is 0 Å². The lowest BCUT2D eigenvalue weighted by molar-refractivity contribution is -0.133. The van der Waals surface area contributed by atoms with Crippen molar-refractivity contribution in [3.63, 3.8) is 0 Å². The second kappa shape index (κ2) is 31.6. The number of hydrogen-bond acceptors (Lipinski definition) is 3. The average Bonchev–Trinajstić information content (AvgIpc) is 2.78. The lowest BCUT2D eigenvalue weighted by atomic mass is 10.1. The number of amides is 1. The first-order valence-electron chi connectivity index (χ1n) is 13.6. The Morgan fingerprint density at radius 3 is 1.40 bits per heavy atom. The molecule has 0 aromatic carbocycles. The van der Waals surface area contributed by atoms with E-state index >= 15 is 0 Å². The summed E-state index contributed by atoms with van der Waals surface area (Å²) in [6, 6.07) is -0.452. The van der Waals surface area contributed by atoms with Crippen LogP contribution in [0.3, 0.4) is 0 Å². The van der Waals surface area contributed by atoms with Crippen LogP contribution in [0.4, 0.5) is 0 Å². The highest BCUT2D eigenvalue weighted by molar-refractivity contribution is 5.86. The van der Waals surface area contributed by atoms with Crippen LogP contribution >= 0.6 is 37.2 Å². The Hall–Kier alpha value is -0.430. The van der Waals surface area contributed by atoms with E-state index in [1.54, 1.807) is 0 Å². The van der Waals surface area contributed by atoms with Gasteiger partial charge in [-0.3, -0.25) is 9.79 Å². The zero-order valence-corrected chi connectivity index (χ0v) is 25.1. The number of aliphatic imine (C=N–C) groups is 1. The number of halogens is 3. The van der Waals surface area contributed by atoms with Gasteiger partial charge in [0.25, 0.3) is 0 Å². The maximum Gasteiger partial charge on any atom is 0.239 e. The summed E-state index contributed by atoms with van der Waals surface area (Å²) in [6.45, 7) is 6.71. The van der Waals surface area contributed by atoms with Crippen LogP contribution in [0.1, 0.15) is 129 Å². The van der Waals surface area contributed by atoms with Crippen molar-refractivity contribution in [1.29, 1.82) is 0 Å². The number of unbranched alkanes of at least 4 members (excludes halogenated alkanes) is 14. The lowest BCUT2D eigenvalue weighted by Crippen LogP contribution is -2.44. The largest absolute Gasteiger partial charge is 0.370 e. The third-order valence-corrected chi connectivity index (χ3v) is 6.16. The summed E-state index contributed by atoms with van der Waals surface area (Å²) in [7, 11) is 0. The topological polar surface area (TPSA) is 111 Å². The molecule has 9 heteroatoms. The number of nitrogens with zero attached hydrogens (tertiary/aromatic N) is 2. The van der Waals surface area contributed by atoms with Gasteiger partial charge in [-0.1, -0.05) is 104 Å². The number of carbonyl (C=O) groups excluding carboxylic acids is 1. The van der Waals surface area contributed by atoms with E-state index in [0.717, 1.165) is 32.4 Å². The molecule has 0 aromatic rings. The third kappa shape index (κ3) is 28.0. The number of rotatable bonds is 23. The van der Waals surface area contributed by atoms with Crippen LogP contribution in [0.15, 0.2) is 4.99 Å². The highest BCUT2D eigenvalue weighted by Crippen LogP contribution is 2.12. The molecule has 0 radical (unpaired) electrons. The van der Waals surface area contributed by atoms with E-state index in [1.807, 2.05) is 4.90 Å². The normalized spacial score (nSPS) is 10.9. The molecule has 0 fully saturated rings. The fourth-order valence-electron chi connectivity index (χ4n) is 4.08. The van der Waals surface area contributed by atoms with Crippen molar-refractivity contribution in [1.82, 2.24) is 4.90 Å². The molecule has 35 heavy (non-hydrogen) atoms. The quantitative estimate of drug-likeness (QED) is 0.0727. The predicted octanol–water partition coefficient (Wildman–Crippen LogP) is 6.74. The molecule has 0 saturated heterocycles. The molecule has 0 aromatic heterocycles. The number of hydrogen-bond donors (Lipinski definition) is 3. The first kappa shape index (κ1) is 41.7. The summed E-state index contributed by atoms with van der Waals surface area (Å²) in [6.07, 6.45) is 21.8. The molecule has 0 unspecified atom stereocenters. The Bertz CT molecular complexity index is 446. The maximum atomic E-state index is 13.0. The lowest BCUT2D eigenvalue weighted by Gasteiger charge is -2.26. The highest BCUT2D eigenvalue weighted by Gasteiger charge is 2.20. The van der Waals surface area contributed by atoms with Gasteiger partial charge in [-0.15, -0.1) is 37.2 Å². The van der Waals surface area contributed by atoms with Gasteiger partial charge >= 0.3 is 0 Å². The smallest absolute Gasteiger partial charge is 0.239 e. The van der Waals surface area contributed by atoms with Gasteiger partial charge in [0, 0.05) is 19.6 Å². The standard InChI is InChI=1S/C26H55N5O.3ClH/c1-3-5-7-9-11-13-15-17-22-31(23-18-16-14-12-10-8-6-4-2)25(32)24(27)20-19-21-30-26(28)29;;;/h24H,3-23,27H2,1-2H3,(H4,28,29,30);3*1H/t24-;;;/m0.../s1. The van der Waals surface area contributed by atoms with E-state index in [2.05, 4.69) is 18.8 Å². The Morgan fingerprint density at radius 1 is 0.657 bits per heavy atom. The number of carbonyl (C=O) groups is 1. The Labute approximate surface area is 235 Å². The van der Waals surface area contributed by atoms with Gasteiger partial charge in [-0.25, -0.2) is 0 Å². The molecule has 1 amide bonds. The molecule has 0 aliphatic heterocycles. The molecule has 0 rings (SSSR count). The summed E-state index contributed by atoms with van der Waals surface area (Å²) < 4.78 is 0. The van der Waals surface area contributed by atoms with Gasteiger partial charge in [0.1, 0.15) is 0 Å². The van der Waals surface area contributed by atoms with Crippen molar-refractivity contribution < 1.29 is 4.79 Å². The minimum absolute atomic E-state index is 0. The maximum absolute atomic E-state index is 13.0. The van der Waals surface area contributed by atoms with E-state index in [1.165, 1.54) is 89.9 Å². The van der Waals surface area contributed by atoms with Crippen molar-refractivity contribution in [3.8, 4) is 0 Å². The first-order chi connectivity index (χ1) is 15.5. The summed E-state index contributed by atoms with van der Waals surface area (Å²) in [4.78, 5) is 19.0. The van der Waals surface area contributed by atoms with Crippen molar-refractivity contribution >= 4 is 49.1 Å². The SMILES string of the molecule is CCCCCCCCCCN(CCCCCCCCCC)C(=O)[C@@H](N)CCCN=C(N)N.Cl.Cl.Cl. The first-order valence-corrected chi connectivity index (χ1v) is 13.6. The van der Waals surface area contributed by atoms with E-state index in [-0.39, 0.29) is 49.1 Å². The van der Waals surface area contributed by atoms with Crippen molar-refractivity contribution in [2.45, 2.75) is 135 Å². The molecule has 1 atom stereocenters. The van der Waals surface area contributed by atoms with Crippen LogP contribution in [0.5, 0.6) is 0 Å². The molecule has 6 nitrogen and oxygen atoms in total. The van der Waals surface area contributed by atoms with Gasteiger partial charge in [0.2, 0.25) is 5.91 Å². The van der Waals surface area contributed by atoms with Gasteiger partial charge in [-0.05, 0) is 25.7 Å². The molecule has 0 heterocycles. The number of guanidine groups is 1. The summed E-state index contributed by atoms with van der Waals surface area (Å²) >= 11 is 0. The van der Waals surface area contributed by atoms with Gasteiger partial charge in [0.05, 0.1) is 6.04 Å². The average molecular weight is 563 g/mol. The fraction of sp³-hybridized carbons (Fsp3) is 0.923. The van der Waals surface area contributed by atoms with Crippen LogP contribution in [0, 0.1) is 0 Å². The van der Waals surface area contributed by atoms with E-state index < -0.39 is 6.04 Å². The molecule has 0 bridgehead atoms. The van der Waals surface area contributed by atoms with E-state index in [9.17, 15) is 4.79 Å². The van der Waals surface area contributed by atoms with Crippen LogP contribution in [-0.2, 0) is 4.79 Å². The predicted molar refractivity (Wildman–Crippen MR) is 161 cm³/mol. The van der Waals surface area contributed by atoms with Gasteiger partial charge in [-0.2, -0.15) is 0 Å². The summed E-state index contributed by atoms with van der Waals surface area (Å²) in [5.41, 5.74) is 17.0. The minimum atomic E-state index is -0.452. The zero-order valence-electron chi connectivity index (χ0n) is 22.7. The summed E-state index contributed by atoms with van der Waals surface area (Å²) in [5.74, 6) is 0.191. The Balaban J connectivity index is -0.00000160. The molecule has 214 valence electrons. The summed E-state index contributed by atoms with van der Waals surface area (Å²) in [5, 5.41) is 0. The van der Waals surface area contributed by atoms with Gasteiger partial charge in [0.15, 0.2) is 5.96 Å². The molecule has 0 aliphatic rings. The molecular formula is C26H58Cl3N5O. The second-order valence-corrected chi connectivity index (χ2v) is 9.33. The van der Waals surface area contributed by atoms with E-state index in [4.69, 9.17) is 17.2 Å². The molecule has 6 N–H and O–H groups in total. The number of nitrogens with two attached hydrogens (primary N) is 3. The van der Waals surface area contributed by atoms with Crippen LogP contribution in [0.2, 0.25) is 0 Å². The second-order valence-electron chi connectivity index (χ2n) is 9.33. The zero-order chi connectivity index (χ0) is 23.9. The fourth-order valence-corrected chi connectivity index (χ4v) is 4.08. The van der Waals surface area contributed by atoms with Crippen LogP contribution < -0.4 is 17.2 Å². The Morgan fingerprint density at radius 2 is 1.03 bits per heavy atom. The monoisotopic (exact) mass is 561 g/mol. The minimum Gasteiger partial charge on any atom is -0.370 e. The van der Waals surface area contributed by atoms with Crippen LogP contribution in [0.25, 0.3) is 0 Å². The van der Waals surface area contributed by atoms with Crippen molar-refractivity contribution in [2.24, 2.45) is 22.2 Å². The third-order valence-electron chi connectivity index (χ3n) is 6.16. The highest BCUT2D eigenvalue weighted by atomic mass is 35.5. The van der Waals surface area contributed by atoms with Gasteiger partial charge < -0.3 is 22.1 Å². The van der Waals surface area contributed by atoms with E-state index in [0.29, 0.717) is 13.0 Å². The van der Waals surface area contributed by atoms with Crippen LogP contribution in [-0.4, -0.2) is 42.4 Å². The molecule has 0 aliphatic carbocycles. The van der Waals surface area contributed by atoms with Crippen molar-refractivity contribution in [2.75, 3.05) is 19.6 Å². The Kier molecular flexibility index (Phi) is 37.6. The molecule has 0 saturated carbocycles. The molecular weight excluding hydrogens is 505 g/mol. The molecule has 0 spiro atoms.